The zero-order valence-corrected chi connectivity index (χ0v) is 12.7. The lowest BCUT2D eigenvalue weighted by atomic mass is 9.90. The number of rotatable bonds is 6. The summed E-state index contributed by atoms with van der Waals surface area (Å²) >= 11 is 0. The van der Waals surface area contributed by atoms with Gasteiger partial charge in [-0.25, -0.2) is 0 Å². The van der Waals surface area contributed by atoms with Gasteiger partial charge in [0.25, 0.3) is 5.91 Å². The molecule has 0 aromatic heterocycles. The number of carbonyl (C=O) groups excluding carboxylic acids is 1. The lowest BCUT2D eigenvalue weighted by Crippen LogP contribution is -2.34. The maximum absolute atomic E-state index is 12.3. The van der Waals surface area contributed by atoms with E-state index < -0.39 is 0 Å². The van der Waals surface area contributed by atoms with E-state index in [0.717, 1.165) is 12.1 Å². The molecule has 0 fully saturated rings. The van der Waals surface area contributed by atoms with Crippen LogP contribution in [0.2, 0.25) is 0 Å². The molecule has 1 aromatic carbocycles. The second-order valence-electron chi connectivity index (χ2n) is 6.05. The predicted molar refractivity (Wildman–Crippen MR) is 81.6 cm³/mol. The highest BCUT2D eigenvalue weighted by Gasteiger charge is 2.18. The Morgan fingerprint density at radius 3 is 2.47 bits per heavy atom. The van der Waals surface area contributed by atoms with Crippen LogP contribution in [0.15, 0.2) is 24.3 Å². The molecule has 0 saturated carbocycles. The molecule has 3 heteroatoms. The van der Waals surface area contributed by atoms with Gasteiger partial charge >= 0.3 is 0 Å². The smallest absolute Gasteiger partial charge is 0.253 e. The minimum Gasteiger partial charge on any atom is -0.382 e. The van der Waals surface area contributed by atoms with Gasteiger partial charge < -0.3 is 10.6 Å². The lowest BCUT2D eigenvalue weighted by molar-refractivity contribution is 0.0936. The summed E-state index contributed by atoms with van der Waals surface area (Å²) in [4.78, 5) is 12.3. The maximum atomic E-state index is 12.3. The Bertz CT molecular complexity index is 425. The predicted octanol–water partition coefficient (Wildman–Crippen LogP) is 3.67. The molecule has 0 heterocycles. The molecule has 1 aromatic rings. The van der Waals surface area contributed by atoms with Crippen molar-refractivity contribution < 1.29 is 4.79 Å². The zero-order valence-electron chi connectivity index (χ0n) is 12.7. The first-order valence-electron chi connectivity index (χ1n) is 6.99. The topological polar surface area (TPSA) is 41.1 Å². The molecule has 0 bridgehead atoms. The Balaban J connectivity index is 2.77. The fourth-order valence-electron chi connectivity index (χ4n) is 1.66. The highest BCUT2D eigenvalue weighted by atomic mass is 16.1. The van der Waals surface area contributed by atoms with Crippen LogP contribution in [-0.4, -0.2) is 18.5 Å². The normalized spacial score (nSPS) is 11.5. The van der Waals surface area contributed by atoms with E-state index in [0.29, 0.717) is 18.2 Å². The molecule has 19 heavy (non-hydrogen) atoms. The highest BCUT2D eigenvalue weighted by Crippen LogP contribution is 2.19. The van der Waals surface area contributed by atoms with E-state index in [-0.39, 0.29) is 11.3 Å². The van der Waals surface area contributed by atoms with Crippen LogP contribution in [0.25, 0.3) is 0 Å². The summed E-state index contributed by atoms with van der Waals surface area (Å²) in [6, 6.07) is 7.95. The fraction of sp³-hybridized carbons (Fsp3) is 0.562. The number of amides is 1. The first-order chi connectivity index (χ1) is 8.85. The van der Waals surface area contributed by atoms with Crippen LogP contribution in [0.4, 0.5) is 5.69 Å². The van der Waals surface area contributed by atoms with Gasteiger partial charge in [0.05, 0.1) is 5.56 Å². The number of anilines is 1. The highest BCUT2D eigenvalue weighted by molar-refractivity contribution is 5.99. The number of para-hydroxylation sites is 1. The number of hydrogen-bond acceptors (Lipinski definition) is 2. The van der Waals surface area contributed by atoms with Gasteiger partial charge in [-0.2, -0.15) is 0 Å². The Labute approximate surface area is 116 Å². The number of carbonyl (C=O) groups is 1. The van der Waals surface area contributed by atoms with Crippen molar-refractivity contribution in [3.05, 3.63) is 29.8 Å². The number of benzene rings is 1. The fourth-order valence-corrected chi connectivity index (χ4v) is 1.66. The Kier molecular flexibility index (Phi) is 5.40. The van der Waals surface area contributed by atoms with Crippen molar-refractivity contribution in [2.75, 3.05) is 11.9 Å². The summed E-state index contributed by atoms with van der Waals surface area (Å²) in [7, 11) is 0. The summed E-state index contributed by atoms with van der Waals surface area (Å²) in [6.07, 6.45) is 1.04. The maximum Gasteiger partial charge on any atom is 0.253 e. The van der Waals surface area contributed by atoms with Gasteiger partial charge in [0.2, 0.25) is 0 Å². The summed E-state index contributed by atoms with van der Waals surface area (Å²) < 4.78 is 0. The van der Waals surface area contributed by atoms with Crippen molar-refractivity contribution in [2.24, 2.45) is 5.41 Å². The van der Waals surface area contributed by atoms with E-state index in [4.69, 9.17) is 0 Å². The number of hydrogen-bond donors (Lipinski definition) is 2. The molecule has 1 rings (SSSR count). The summed E-state index contributed by atoms with van der Waals surface area (Å²) in [5.41, 5.74) is 1.74. The van der Waals surface area contributed by atoms with Crippen molar-refractivity contribution in [1.29, 1.82) is 0 Å². The molecule has 0 aliphatic heterocycles. The molecule has 0 aliphatic rings. The third kappa shape index (κ3) is 4.93. The standard InChI is InChI=1S/C16H26N2O/c1-6-16(4,5)11-17-15(19)13-9-7-8-10-14(13)18-12(2)3/h7-10,12,18H,6,11H2,1-5H3,(H,17,19). The molecular weight excluding hydrogens is 236 g/mol. The minimum absolute atomic E-state index is 0.00900. The van der Waals surface area contributed by atoms with Gasteiger partial charge in [-0.15, -0.1) is 0 Å². The summed E-state index contributed by atoms with van der Waals surface area (Å²) in [5, 5.41) is 6.33. The number of nitrogens with one attached hydrogen (secondary N) is 2. The molecule has 0 saturated heterocycles. The van der Waals surface area contributed by atoms with Crippen LogP contribution < -0.4 is 10.6 Å². The third-order valence-electron chi connectivity index (χ3n) is 3.30. The molecule has 0 radical (unpaired) electrons. The van der Waals surface area contributed by atoms with Gasteiger partial charge in [-0.05, 0) is 37.8 Å². The molecule has 1 amide bonds. The molecular formula is C16H26N2O. The molecule has 0 atom stereocenters. The Morgan fingerprint density at radius 2 is 1.89 bits per heavy atom. The van der Waals surface area contributed by atoms with Crippen LogP contribution >= 0.6 is 0 Å². The second-order valence-corrected chi connectivity index (χ2v) is 6.05. The lowest BCUT2D eigenvalue weighted by Gasteiger charge is -2.23. The van der Waals surface area contributed by atoms with Gasteiger partial charge in [-0.1, -0.05) is 32.9 Å². The van der Waals surface area contributed by atoms with Crippen molar-refractivity contribution in [3.63, 3.8) is 0 Å². The third-order valence-corrected chi connectivity index (χ3v) is 3.30. The quantitative estimate of drug-likeness (QED) is 0.821. The van der Waals surface area contributed by atoms with E-state index in [1.165, 1.54) is 0 Å². The van der Waals surface area contributed by atoms with E-state index >= 15 is 0 Å². The molecule has 106 valence electrons. The van der Waals surface area contributed by atoms with Gasteiger partial charge in [0.15, 0.2) is 0 Å². The van der Waals surface area contributed by atoms with Crippen molar-refractivity contribution in [2.45, 2.75) is 47.1 Å². The van der Waals surface area contributed by atoms with Crippen LogP contribution in [0.5, 0.6) is 0 Å². The van der Waals surface area contributed by atoms with E-state index in [9.17, 15) is 4.79 Å². The summed E-state index contributed by atoms with van der Waals surface area (Å²) in [6.45, 7) is 11.3. The van der Waals surface area contributed by atoms with Crippen LogP contribution in [0.3, 0.4) is 0 Å². The van der Waals surface area contributed by atoms with Gasteiger partial charge in [-0.3, -0.25) is 4.79 Å². The molecule has 0 unspecified atom stereocenters. The van der Waals surface area contributed by atoms with Crippen LogP contribution in [-0.2, 0) is 0 Å². The van der Waals surface area contributed by atoms with Crippen molar-refractivity contribution in [3.8, 4) is 0 Å². The van der Waals surface area contributed by atoms with Crippen molar-refractivity contribution in [1.82, 2.24) is 5.32 Å². The van der Waals surface area contributed by atoms with Crippen LogP contribution in [0.1, 0.15) is 51.4 Å². The van der Waals surface area contributed by atoms with Crippen LogP contribution in [0, 0.1) is 5.41 Å². The molecule has 3 nitrogen and oxygen atoms in total. The molecule has 2 N–H and O–H groups in total. The van der Waals surface area contributed by atoms with Crippen molar-refractivity contribution >= 4 is 11.6 Å². The minimum atomic E-state index is -0.00900. The zero-order chi connectivity index (χ0) is 14.5. The molecule has 0 aliphatic carbocycles. The van der Waals surface area contributed by atoms with Gasteiger partial charge in [0, 0.05) is 18.3 Å². The van der Waals surface area contributed by atoms with E-state index in [1.54, 1.807) is 0 Å². The average molecular weight is 262 g/mol. The molecule has 0 spiro atoms. The summed E-state index contributed by atoms with van der Waals surface area (Å²) in [5.74, 6) is -0.00900. The van der Waals surface area contributed by atoms with E-state index in [1.807, 2.05) is 24.3 Å². The largest absolute Gasteiger partial charge is 0.382 e. The monoisotopic (exact) mass is 262 g/mol. The Morgan fingerprint density at radius 1 is 1.26 bits per heavy atom. The van der Waals surface area contributed by atoms with Gasteiger partial charge in [0.1, 0.15) is 0 Å². The average Bonchev–Trinajstić information content (AvgIpc) is 2.36. The van der Waals surface area contributed by atoms with E-state index in [2.05, 4.69) is 45.3 Å². The Hall–Kier alpha value is -1.51. The second kappa shape index (κ2) is 6.60. The SMILES string of the molecule is CCC(C)(C)CNC(=O)c1ccccc1NC(C)C. The first kappa shape index (κ1) is 15.5. The first-order valence-corrected chi connectivity index (χ1v) is 6.99.